The van der Waals surface area contributed by atoms with Gasteiger partial charge in [0.1, 0.15) is 5.58 Å². The monoisotopic (exact) mass is 384 g/mol. The van der Waals surface area contributed by atoms with Crippen molar-refractivity contribution >= 4 is 28.2 Å². The molecule has 4 rings (SSSR count). The molecule has 6 heteroatoms. The summed E-state index contributed by atoms with van der Waals surface area (Å²) in [5.74, 6) is 0.249. The molecule has 3 heterocycles. The van der Waals surface area contributed by atoms with Crippen LogP contribution in [0.3, 0.4) is 0 Å². The topological polar surface area (TPSA) is 54.7 Å². The molecule has 1 saturated heterocycles. The van der Waals surface area contributed by atoms with Crippen LogP contribution in [0.15, 0.2) is 40.1 Å². The van der Waals surface area contributed by atoms with E-state index in [2.05, 4.69) is 27.7 Å². The summed E-state index contributed by atoms with van der Waals surface area (Å²) in [7, 11) is 0. The largest absolute Gasteiger partial charge is 0.451 e. The third-order valence-electron chi connectivity index (χ3n) is 5.11. The van der Waals surface area contributed by atoms with E-state index in [0.29, 0.717) is 12.3 Å². The minimum absolute atomic E-state index is 0.156. The Morgan fingerprint density at radius 1 is 1.26 bits per heavy atom. The van der Waals surface area contributed by atoms with Gasteiger partial charge in [-0.1, -0.05) is 18.2 Å². The molecule has 0 saturated carbocycles. The molecule has 1 atom stereocenters. The molecule has 2 aromatic heterocycles. The Morgan fingerprint density at radius 2 is 2.07 bits per heavy atom. The molecule has 1 amide bonds. The molecule has 0 bridgehead atoms. The highest BCUT2D eigenvalue weighted by Crippen LogP contribution is 2.28. The van der Waals surface area contributed by atoms with Gasteiger partial charge in [0.05, 0.1) is 19.3 Å². The number of carbonyl (C=O) groups is 1. The molecule has 27 heavy (non-hydrogen) atoms. The maximum atomic E-state index is 12.8. The van der Waals surface area contributed by atoms with Crippen molar-refractivity contribution in [2.45, 2.75) is 19.9 Å². The second-order valence-corrected chi connectivity index (χ2v) is 7.92. The van der Waals surface area contributed by atoms with Crippen molar-refractivity contribution in [2.24, 2.45) is 0 Å². The van der Waals surface area contributed by atoms with Crippen molar-refractivity contribution in [1.29, 1.82) is 0 Å². The van der Waals surface area contributed by atoms with Crippen molar-refractivity contribution in [3.8, 4) is 0 Å². The first kappa shape index (κ1) is 18.2. The number of fused-ring (bicyclic) bond motifs is 1. The maximum Gasteiger partial charge on any atom is 0.287 e. The predicted molar refractivity (Wildman–Crippen MR) is 107 cm³/mol. The van der Waals surface area contributed by atoms with Gasteiger partial charge in [0.2, 0.25) is 0 Å². The average Bonchev–Trinajstić information content (AvgIpc) is 3.31. The summed E-state index contributed by atoms with van der Waals surface area (Å²) in [5, 5.41) is 6.17. The lowest BCUT2D eigenvalue weighted by molar-refractivity contribution is 0.0168. The normalized spacial score (nSPS) is 16.5. The number of hydrogen-bond donors (Lipinski definition) is 1. The van der Waals surface area contributed by atoms with Crippen LogP contribution in [0, 0.1) is 13.8 Å². The highest BCUT2D eigenvalue weighted by molar-refractivity contribution is 7.10. The minimum atomic E-state index is -0.156. The Hall–Kier alpha value is -2.15. The van der Waals surface area contributed by atoms with E-state index in [1.807, 2.05) is 32.0 Å². The number of nitrogens with zero attached hydrogens (tertiary/aromatic N) is 1. The number of hydrogen-bond acceptors (Lipinski definition) is 5. The summed E-state index contributed by atoms with van der Waals surface area (Å²) in [6.45, 7) is 7.73. The average molecular weight is 385 g/mol. The molecule has 1 fully saturated rings. The first-order valence-corrected chi connectivity index (χ1v) is 10.1. The smallest absolute Gasteiger partial charge is 0.287 e. The van der Waals surface area contributed by atoms with Crippen LogP contribution >= 0.6 is 11.3 Å². The molecule has 3 aromatic rings. The molecule has 1 unspecified atom stereocenters. The predicted octanol–water partition coefficient (Wildman–Crippen LogP) is 3.91. The van der Waals surface area contributed by atoms with E-state index < -0.39 is 0 Å². The van der Waals surface area contributed by atoms with Crippen molar-refractivity contribution in [1.82, 2.24) is 10.2 Å². The molecule has 0 aliphatic carbocycles. The molecule has 1 aliphatic rings. The van der Waals surface area contributed by atoms with Gasteiger partial charge in [-0.3, -0.25) is 9.69 Å². The number of benzene rings is 1. The minimum Gasteiger partial charge on any atom is -0.451 e. The molecule has 5 nitrogen and oxygen atoms in total. The summed E-state index contributed by atoms with van der Waals surface area (Å²) in [6.07, 6.45) is 0. The zero-order valence-corrected chi connectivity index (χ0v) is 16.5. The number of aryl methyl sites for hydroxylation is 2. The lowest BCUT2D eigenvalue weighted by Gasteiger charge is -2.34. The molecule has 1 aromatic carbocycles. The van der Waals surface area contributed by atoms with Crippen LogP contribution in [0.25, 0.3) is 11.0 Å². The van der Waals surface area contributed by atoms with Gasteiger partial charge in [0.25, 0.3) is 5.91 Å². The molecular weight excluding hydrogens is 360 g/mol. The lowest BCUT2D eigenvalue weighted by Crippen LogP contribution is -2.43. The quantitative estimate of drug-likeness (QED) is 0.725. The van der Waals surface area contributed by atoms with Crippen LogP contribution in [-0.2, 0) is 4.74 Å². The van der Waals surface area contributed by atoms with Gasteiger partial charge in [0, 0.05) is 35.5 Å². The van der Waals surface area contributed by atoms with Gasteiger partial charge in [-0.15, -0.1) is 11.3 Å². The molecule has 0 radical (unpaired) electrons. The Kier molecular flexibility index (Phi) is 5.29. The SMILES string of the molecule is Cc1ccc2c(C)c(C(=O)NCC(c3cccs3)N3CCOCC3)oc2c1. The number of amides is 1. The summed E-state index contributed by atoms with van der Waals surface area (Å²) < 4.78 is 11.3. The van der Waals surface area contributed by atoms with Gasteiger partial charge in [0.15, 0.2) is 5.76 Å². The first-order chi connectivity index (χ1) is 13.1. The zero-order chi connectivity index (χ0) is 18.8. The second-order valence-electron chi connectivity index (χ2n) is 6.95. The fourth-order valence-corrected chi connectivity index (χ4v) is 4.46. The Labute approximate surface area is 162 Å². The fourth-order valence-electron chi connectivity index (χ4n) is 3.60. The van der Waals surface area contributed by atoms with E-state index in [-0.39, 0.29) is 11.9 Å². The number of nitrogens with one attached hydrogen (secondary N) is 1. The van der Waals surface area contributed by atoms with Gasteiger partial charge < -0.3 is 14.5 Å². The van der Waals surface area contributed by atoms with E-state index in [1.54, 1.807) is 11.3 Å². The maximum absolute atomic E-state index is 12.8. The third kappa shape index (κ3) is 3.78. The summed E-state index contributed by atoms with van der Waals surface area (Å²) >= 11 is 1.72. The Balaban J connectivity index is 1.52. The van der Waals surface area contributed by atoms with Crippen LogP contribution in [-0.4, -0.2) is 43.7 Å². The van der Waals surface area contributed by atoms with Crippen LogP contribution in [0.2, 0.25) is 0 Å². The number of ether oxygens (including phenoxy) is 1. The van der Waals surface area contributed by atoms with Crippen molar-refractivity contribution in [2.75, 3.05) is 32.8 Å². The van der Waals surface area contributed by atoms with E-state index in [1.165, 1.54) is 4.88 Å². The Morgan fingerprint density at radius 3 is 2.81 bits per heavy atom. The molecule has 1 N–H and O–H groups in total. The molecule has 1 aliphatic heterocycles. The summed E-state index contributed by atoms with van der Waals surface area (Å²) in [6, 6.07) is 10.4. The van der Waals surface area contributed by atoms with Gasteiger partial charge in [-0.05, 0) is 36.9 Å². The van der Waals surface area contributed by atoms with E-state index in [4.69, 9.17) is 9.15 Å². The van der Waals surface area contributed by atoms with Crippen LogP contribution in [0.1, 0.15) is 32.6 Å². The van der Waals surface area contributed by atoms with Gasteiger partial charge in [-0.25, -0.2) is 0 Å². The Bertz CT molecular complexity index is 926. The van der Waals surface area contributed by atoms with Crippen LogP contribution < -0.4 is 5.32 Å². The van der Waals surface area contributed by atoms with Crippen LogP contribution in [0.5, 0.6) is 0 Å². The fraction of sp³-hybridized carbons (Fsp3) is 0.381. The highest BCUT2D eigenvalue weighted by atomic mass is 32.1. The third-order valence-corrected chi connectivity index (χ3v) is 6.09. The highest BCUT2D eigenvalue weighted by Gasteiger charge is 2.25. The summed E-state index contributed by atoms with van der Waals surface area (Å²) in [4.78, 5) is 16.5. The molecular formula is C21H24N2O3S. The van der Waals surface area contributed by atoms with Crippen LogP contribution in [0.4, 0.5) is 0 Å². The molecule has 142 valence electrons. The first-order valence-electron chi connectivity index (χ1n) is 9.26. The standard InChI is InChI=1S/C21H24N2O3S/c1-14-5-6-16-15(2)20(26-18(16)12-14)21(24)22-13-17(19-4-3-11-27-19)23-7-9-25-10-8-23/h3-6,11-12,17H,7-10,13H2,1-2H3,(H,22,24). The van der Waals surface area contributed by atoms with Crippen molar-refractivity contribution in [3.63, 3.8) is 0 Å². The van der Waals surface area contributed by atoms with E-state index in [9.17, 15) is 4.79 Å². The summed E-state index contributed by atoms with van der Waals surface area (Å²) in [5.41, 5.74) is 2.77. The number of carbonyl (C=O) groups excluding carboxylic acids is 1. The second kappa shape index (κ2) is 7.84. The number of thiophene rings is 1. The molecule has 0 spiro atoms. The van der Waals surface area contributed by atoms with E-state index >= 15 is 0 Å². The van der Waals surface area contributed by atoms with Gasteiger partial charge in [-0.2, -0.15) is 0 Å². The lowest BCUT2D eigenvalue weighted by atomic mass is 10.1. The number of rotatable bonds is 5. The van der Waals surface area contributed by atoms with Gasteiger partial charge >= 0.3 is 0 Å². The zero-order valence-electron chi connectivity index (χ0n) is 15.7. The number of morpholine rings is 1. The van der Waals surface area contributed by atoms with Crippen molar-refractivity contribution in [3.05, 3.63) is 57.5 Å². The van der Waals surface area contributed by atoms with E-state index in [0.717, 1.165) is 48.4 Å². The number of furan rings is 1. The van der Waals surface area contributed by atoms with Crippen molar-refractivity contribution < 1.29 is 13.9 Å².